The predicted octanol–water partition coefficient (Wildman–Crippen LogP) is 0.645. The number of amides is 1. The highest BCUT2D eigenvalue weighted by atomic mass is 16.5. The zero-order valence-electron chi connectivity index (χ0n) is 10.8. The second-order valence-corrected chi connectivity index (χ2v) is 4.19. The zero-order valence-corrected chi connectivity index (χ0v) is 10.8. The maximum Gasteiger partial charge on any atom is 0.375 e. The smallest absolute Gasteiger partial charge is 0.375 e. The Hall–Kier alpha value is -2.61. The van der Waals surface area contributed by atoms with Crippen molar-refractivity contribution < 1.29 is 14.3 Å². The molecule has 0 aromatic carbocycles. The van der Waals surface area contributed by atoms with Gasteiger partial charge in [0, 0.05) is 24.4 Å². The number of nitrogens with one attached hydrogen (secondary N) is 1. The Bertz CT molecular complexity index is 563. The molecular formula is C10H13N7O3. The molecule has 1 saturated heterocycles. The number of nitrogens with zero attached hydrogens (tertiary/aromatic N) is 6. The zero-order chi connectivity index (χ0) is 14.5. The van der Waals surface area contributed by atoms with Crippen molar-refractivity contribution in [1.82, 2.24) is 15.2 Å². The summed E-state index contributed by atoms with van der Waals surface area (Å²) in [5.41, 5.74) is 8.27. The molecule has 0 spiro atoms. The number of hydrogen-bond donors (Lipinski definition) is 1. The number of esters is 1. The number of azide groups is 1. The molecule has 1 aliphatic heterocycles. The molecule has 10 nitrogen and oxygen atoms in total. The van der Waals surface area contributed by atoms with Gasteiger partial charge >= 0.3 is 5.97 Å². The fraction of sp³-hybridized carbons (Fsp3) is 0.600. The minimum Gasteiger partial charge on any atom is -0.460 e. The van der Waals surface area contributed by atoms with Crippen LogP contribution < -0.4 is 4.90 Å². The van der Waals surface area contributed by atoms with Crippen LogP contribution in [-0.4, -0.2) is 46.8 Å². The van der Waals surface area contributed by atoms with Gasteiger partial charge in [0.2, 0.25) is 11.7 Å². The second-order valence-electron chi connectivity index (χ2n) is 4.19. The third kappa shape index (κ3) is 2.86. The van der Waals surface area contributed by atoms with E-state index in [-0.39, 0.29) is 43.2 Å². The Morgan fingerprint density at radius 2 is 2.50 bits per heavy atom. The molecule has 106 valence electrons. The van der Waals surface area contributed by atoms with Gasteiger partial charge in [-0.25, -0.2) is 4.79 Å². The summed E-state index contributed by atoms with van der Waals surface area (Å²) < 4.78 is 4.77. The number of carbonyl (C=O) groups excluding carboxylic acids is 2. The van der Waals surface area contributed by atoms with E-state index < -0.39 is 5.97 Å². The van der Waals surface area contributed by atoms with Crippen molar-refractivity contribution in [1.29, 1.82) is 0 Å². The summed E-state index contributed by atoms with van der Waals surface area (Å²) in [4.78, 5) is 31.2. The molecule has 1 aromatic heterocycles. The van der Waals surface area contributed by atoms with Crippen LogP contribution in [0.3, 0.4) is 0 Å². The molecule has 0 bridgehead atoms. The third-order valence-corrected chi connectivity index (χ3v) is 2.79. The summed E-state index contributed by atoms with van der Waals surface area (Å²) in [7, 11) is 0. The Labute approximate surface area is 113 Å². The number of aromatic amines is 1. The Kier molecular flexibility index (Phi) is 4.16. The first-order valence-electron chi connectivity index (χ1n) is 6.06. The molecule has 2 rings (SSSR count). The maximum absolute atomic E-state index is 11.8. The highest BCUT2D eigenvalue weighted by Gasteiger charge is 2.32. The molecule has 0 radical (unpaired) electrons. The molecule has 1 unspecified atom stereocenters. The van der Waals surface area contributed by atoms with Gasteiger partial charge in [-0.2, -0.15) is 4.98 Å². The van der Waals surface area contributed by atoms with E-state index in [4.69, 9.17) is 10.3 Å². The second kappa shape index (κ2) is 6.02. The number of ether oxygens (including phenoxy) is 1. The summed E-state index contributed by atoms with van der Waals surface area (Å²) in [6.45, 7) is 2.51. The molecule has 1 amide bonds. The van der Waals surface area contributed by atoms with Crippen molar-refractivity contribution in [2.45, 2.75) is 13.3 Å². The van der Waals surface area contributed by atoms with Gasteiger partial charge in [0.1, 0.15) is 0 Å². The first-order chi connectivity index (χ1) is 9.65. The first kappa shape index (κ1) is 13.8. The molecule has 0 aliphatic carbocycles. The van der Waals surface area contributed by atoms with Gasteiger partial charge in [-0.3, -0.25) is 14.8 Å². The Morgan fingerprint density at radius 3 is 3.20 bits per heavy atom. The average Bonchev–Trinajstić information content (AvgIpc) is 3.03. The van der Waals surface area contributed by atoms with Crippen molar-refractivity contribution in [3.05, 3.63) is 16.3 Å². The van der Waals surface area contributed by atoms with Crippen LogP contribution in [0, 0.1) is 5.92 Å². The Morgan fingerprint density at radius 1 is 1.70 bits per heavy atom. The van der Waals surface area contributed by atoms with E-state index in [1.807, 2.05) is 0 Å². The van der Waals surface area contributed by atoms with Gasteiger partial charge in [-0.1, -0.05) is 5.11 Å². The van der Waals surface area contributed by atoms with Crippen molar-refractivity contribution in [3.63, 3.8) is 0 Å². The predicted molar refractivity (Wildman–Crippen MR) is 66.8 cm³/mol. The van der Waals surface area contributed by atoms with Gasteiger partial charge in [-0.15, -0.1) is 5.10 Å². The number of H-pyrrole nitrogens is 1. The van der Waals surface area contributed by atoms with E-state index in [1.165, 1.54) is 4.90 Å². The van der Waals surface area contributed by atoms with Crippen molar-refractivity contribution in [2.24, 2.45) is 11.0 Å². The van der Waals surface area contributed by atoms with Crippen LogP contribution in [0.15, 0.2) is 5.11 Å². The molecule has 1 N–H and O–H groups in total. The summed E-state index contributed by atoms with van der Waals surface area (Å²) in [6, 6.07) is 0. The first-order valence-corrected chi connectivity index (χ1v) is 6.06. The molecule has 1 atom stereocenters. The van der Waals surface area contributed by atoms with Gasteiger partial charge in [0.15, 0.2) is 0 Å². The van der Waals surface area contributed by atoms with Crippen molar-refractivity contribution >= 4 is 17.8 Å². The van der Waals surface area contributed by atoms with Crippen molar-refractivity contribution in [3.8, 4) is 0 Å². The molecule has 1 fully saturated rings. The summed E-state index contributed by atoms with van der Waals surface area (Å²) >= 11 is 0. The van der Waals surface area contributed by atoms with Crippen LogP contribution in [0.1, 0.15) is 24.0 Å². The number of hydrogen-bond acceptors (Lipinski definition) is 6. The van der Waals surface area contributed by atoms with Crippen LogP contribution in [0.5, 0.6) is 0 Å². The van der Waals surface area contributed by atoms with Crippen LogP contribution >= 0.6 is 0 Å². The van der Waals surface area contributed by atoms with Crippen LogP contribution in [0.2, 0.25) is 0 Å². The quantitative estimate of drug-likeness (QED) is 0.365. The van der Waals surface area contributed by atoms with Crippen molar-refractivity contribution in [2.75, 3.05) is 24.6 Å². The van der Waals surface area contributed by atoms with E-state index in [0.717, 1.165) is 0 Å². The summed E-state index contributed by atoms with van der Waals surface area (Å²) in [6.07, 6.45) is 0.266. The van der Waals surface area contributed by atoms with E-state index >= 15 is 0 Å². The highest BCUT2D eigenvalue weighted by Crippen LogP contribution is 2.22. The molecule has 1 aromatic rings. The highest BCUT2D eigenvalue weighted by molar-refractivity contribution is 5.94. The molecule has 20 heavy (non-hydrogen) atoms. The lowest BCUT2D eigenvalue weighted by atomic mass is 10.1. The minimum absolute atomic E-state index is 0.0480. The summed E-state index contributed by atoms with van der Waals surface area (Å²) in [5.74, 6) is -0.779. The molecule has 2 heterocycles. The fourth-order valence-electron chi connectivity index (χ4n) is 1.91. The van der Waals surface area contributed by atoms with Gasteiger partial charge in [-0.05, 0) is 18.4 Å². The lowest BCUT2D eigenvalue weighted by Crippen LogP contribution is -2.26. The van der Waals surface area contributed by atoms with Crippen LogP contribution in [-0.2, 0) is 9.53 Å². The minimum atomic E-state index is -0.622. The van der Waals surface area contributed by atoms with E-state index in [2.05, 4.69) is 25.2 Å². The number of carbonyl (C=O) groups is 2. The average molecular weight is 279 g/mol. The van der Waals surface area contributed by atoms with E-state index in [0.29, 0.717) is 6.54 Å². The van der Waals surface area contributed by atoms with Gasteiger partial charge in [0.25, 0.3) is 5.95 Å². The fourth-order valence-corrected chi connectivity index (χ4v) is 1.91. The lowest BCUT2D eigenvalue weighted by molar-refractivity contribution is -0.117. The monoisotopic (exact) mass is 279 g/mol. The normalized spacial score (nSPS) is 17.9. The topological polar surface area (TPSA) is 137 Å². The third-order valence-electron chi connectivity index (χ3n) is 2.79. The number of rotatable bonds is 5. The van der Waals surface area contributed by atoms with E-state index in [9.17, 15) is 9.59 Å². The summed E-state index contributed by atoms with van der Waals surface area (Å²) in [5, 5.41) is 9.72. The molecule has 10 heteroatoms. The van der Waals surface area contributed by atoms with Crippen LogP contribution in [0.4, 0.5) is 5.95 Å². The SMILES string of the molecule is CCOC(=O)c1nc(N2CC(CN=[N+]=[N-])CC2=O)n[nH]1. The van der Waals surface area contributed by atoms with Gasteiger partial charge in [0.05, 0.1) is 6.61 Å². The Balaban J connectivity index is 2.06. The standard InChI is InChI=1S/C10H13N7O3/c1-2-20-9(19)8-13-10(15-14-8)17-5-6(3-7(17)18)4-12-16-11/h6H,2-5H2,1H3,(H,13,14,15). The maximum atomic E-state index is 11.8. The molecule has 1 aliphatic rings. The molecular weight excluding hydrogens is 266 g/mol. The van der Waals surface area contributed by atoms with Gasteiger partial charge < -0.3 is 4.74 Å². The van der Waals surface area contributed by atoms with Crippen LogP contribution in [0.25, 0.3) is 10.4 Å². The largest absolute Gasteiger partial charge is 0.460 e. The lowest BCUT2D eigenvalue weighted by Gasteiger charge is -2.10. The number of aromatic nitrogens is 3. The molecule has 0 saturated carbocycles. The number of anilines is 1. The van der Waals surface area contributed by atoms with E-state index in [1.54, 1.807) is 6.92 Å².